The molecule has 0 aliphatic heterocycles. The van der Waals surface area contributed by atoms with Crippen molar-refractivity contribution >= 4 is 46.2 Å². The van der Waals surface area contributed by atoms with Crippen LogP contribution in [0.5, 0.6) is 0 Å². The number of hydrogen-bond donors (Lipinski definition) is 3. The van der Waals surface area contributed by atoms with Crippen molar-refractivity contribution < 1.29 is 9.59 Å². The van der Waals surface area contributed by atoms with Gasteiger partial charge in [0.1, 0.15) is 12.1 Å². The van der Waals surface area contributed by atoms with Gasteiger partial charge in [-0.2, -0.15) is 5.10 Å². The topological polar surface area (TPSA) is 119 Å². The molecule has 2 aromatic rings. The Kier molecular flexibility index (Phi) is 8.00. The van der Waals surface area contributed by atoms with Crippen LogP contribution in [0.4, 0.5) is 11.8 Å². The Morgan fingerprint density at radius 2 is 1.93 bits per heavy atom. The lowest BCUT2D eigenvalue weighted by atomic mass is 9.77. The monoisotopic (exact) mass is 658 g/mol. The largest absolute Gasteiger partial charge is 0.349 e. The minimum Gasteiger partial charge on any atom is -0.349 e. The van der Waals surface area contributed by atoms with Crippen molar-refractivity contribution in [3.63, 3.8) is 0 Å². The highest BCUT2D eigenvalue weighted by molar-refractivity contribution is 14.1. The van der Waals surface area contributed by atoms with Crippen molar-refractivity contribution in [2.75, 3.05) is 5.32 Å². The van der Waals surface area contributed by atoms with E-state index in [1.165, 1.54) is 5.57 Å². The molecule has 0 bridgehead atoms. The molecule has 4 aliphatic carbocycles. The Morgan fingerprint density at radius 1 is 1.12 bits per heavy atom. The summed E-state index contributed by atoms with van der Waals surface area (Å²) in [7, 11) is 1.93. The average Bonchev–Trinajstić information content (AvgIpc) is 3.50. The molecule has 10 nitrogen and oxygen atoms in total. The molecule has 2 aromatic heterocycles. The second-order valence-corrected chi connectivity index (χ2v) is 13.2. The zero-order chi connectivity index (χ0) is 27.8. The molecule has 3 N–H and O–H groups in total. The van der Waals surface area contributed by atoms with Gasteiger partial charge in [-0.1, -0.05) is 41.5 Å². The Hall–Kier alpha value is -2.70. The summed E-state index contributed by atoms with van der Waals surface area (Å²) in [4.78, 5) is 26.7. The summed E-state index contributed by atoms with van der Waals surface area (Å²) in [5.41, 5.74) is 5.00. The van der Waals surface area contributed by atoms with Crippen molar-refractivity contribution in [2.24, 2.45) is 13.0 Å². The van der Waals surface area contributed by atoms with E-state index < -0.39 is 0 Å². The molecule has 0 aromatic carbocycles. The lowest BCUT2D eigenvalue weighted by molar-refractivity contribution is -0.126. The van der Waals surface area contributed by atoms with Crippen LogP contribution < -0.4 is 16.0 Å². The van der Waals surface area contributed by atoms with Gasteiger partial charge in [0.15, 0.2) is 0 Å². The third-order valence-electron chi connectivity index (χ3n) is 9.13. The van der Waals surface area contributed by atoms with E-state index in [0.717, 1.165) is 87.0 Å². The van der Waals surface area contributed by atoms with Gasteiger partial charge < -0.3 is 16.0 Å². The van der Waals surface area contributed by atoms with Gasteiger partial charge in [-0.05, 0) is 76.2 Å². The number of aryl methyl sites for hydroxylation is 1. The standard InChI is InChI=1S/C29H39IN8O2/c1-3-22(30)24-15-25(37(2)36-24)34-29-35-31-16-38(29)20-12-10-17-11-13-23(33-27(39)18-6-4-7-18)26(21(17)14-20)28(40)32-19-8-5-9-19/h15-16,18-20,22H,3-14H2,1-2H3,(H,32,40)(H,33,39)(H,34,35)/t20-,22?/m0/s1. The lowest BCUT2D eigenvalue weighted by Gasteiger charge is -2.35. The number of anilines is 2. The maximum absolute atomic E-state index is 13.7. The van der Waals surface area contributed by atoms with Gasteiger partial charge in [0.05, 0.1) is 15.2 Å². The van der Waals surface area contributed by atoms with Crippen LogP contribution in [0.1, 0.15) is 99.6 Å². The van der Waals surface area contributed by atoms with E-state index in [-0.39, 0.29) is 29.8 Å². The third-order valence-corrected chi connectivity index (χ3v) is 10.6. The normalized spacial score (nSPS) is 22.3. The summed E-state index contributed by atoms with van der Waals surface area (Å²) < 4.78 is 4.30. The lowest BCUT2D eigenvalue weighted by Crippen LogP contribution is -2.43. The highest BCUT2D eigenvalue weighted by Gasteiger charge is 2.35. The third kappa shape index (κ3) is 5.45. The second-order valence-electron chi connectivity index (χ2n) is 11.7. The first-order valence-corrected chi connectivity index (χ1v) is 16.1. The van der Waals surface area contributed by atoms with Crippen molar-refractivity contribution in [1.29, 1.82) is 0 Å². The fourth-order valence-electron chi connectivity index (χ4n) is 6.16. The summed E-state index contributed by atoms with van der Waals surface area (Å²) in [5, 5.41) is 23.2. The number of nitrogens with one attached hydrogen (secondary N) is 3. The fraction of sp³-hybridized carbons (Fsp3) is 0.621. The van der Waals surface area contributed by atoms with Crippen LogP contribution in [-0.2, 0) is 16.6 Å². The average molecular weight is 659 g/mol. The number of amides is 2. The first kappa shape index (κ1) is 27.5. The molecule has 6 rings (SSSR count). The smallest absolute Gasteiger partial charge is 0.253 e. The van der Waals surface area contributed by atoms with Gasteiger partial charge in [-0.25, -0.2) is 0 Å². The van der Waals surface area contributed by atoms with E-state index in [4.69, 9.17) is 0 Å². The Balaban J connectivity index is 1.25. The van der Waals surface area contributed by atoms with Gasteiger partial charge >= 0.3 is 0 Å². The fourth-order valence-corrected chi connectivity index (χ4v) is 6.47. The number of halogens is 1. The van der Waals surface area contributed by atoms with E-state index in [9.17, 15) is 9.59 Å². The van der Waals surface area contributed by atoms with Crippen LogP contribution in [0.2, 0.25) is 0 Å². The summed E-state index contributed by atoms with van der Waals surface area (Å²) in [6.45, 7) is 2.16. The van der Waals surface area contributed by atoms with Gasteiger partial charge in [-0.15, -0.1) is 10.2 Å². The molecule has 1 unspecified atom stereocenters. The second kappa shape index (κ2) is 11.7. The number of nitrogens with zero attached hydrogens (tertiary/aromatic N) is 5. The minimum atomic E-state index is -0.0322. The molecule has 0 radical (unpaired) electrons. The van der Waals surface area contributed by atoms with E-state index in [0.29, 0.717) is 28.3 Å². The van der Waals surface area contributed by atoms with E-state index in [1.807, 2.05) is 11.7 Å². The molecule has 2 saturated carbocycles. The van der Waals surface area contributed by atoms with Crippen LogP contribution in [0.25, 0.3) is 0 Å². The molecule has 11 heteroatoms. The zero-order valence-corrected chi connectivity index (χ0v) is 25.5. The molecule has 2 amide bonds. The highest BCUT2D eigenvalue weighted by Crippen LogP contribution is 2.44. The van der Waals surface area contributed by atoms with Gasteiger partial charge in [-0.3, -0.25) is 18.8 Å². The number of alkyl halides is 1. The molecular weight excluding hydrogens is 619 g/mol. The molecule has 2 atom stereocenters. The van der Waals surface area contributed by atoms with Gasteiger partial charge in [0.25, 0.3) is 5.91 Å². The predicted molar refractivity (Wildman–Crippen MR) is 161 cm³/mol. The van der Waals surface area contributed by atoms with E-state index >= 15 is 0 Å². The Bertz CT molecular complexity index is 1350. The van der Waals surface area contributed by atoms with Crippen molar-refractivity contribution in [2.45, 2.75) is 100.0 Å². The van der Waals surface area contributed by atoms with Crippen molar-refractivity contribution in [3.8, 4) is 0 Å². The first-order chi connectivity index (χ1) is 19.4. The molecule has 4 aliphatic rings. The number of carbonyl (C=O) groups is 2. The molecule has 2 heterocycles. The van der Waals surface area contributed by atoms with Crippen LogP contribution in [-0.4, -0.2) is 42.4 Å². The van der Waals surface area contributed by atoms with Crippen LogP contribution in [0.15, 0.2) is 34.8 Å². The van der Waals surface area contributed by atoms with Crippen LogP contribution >= 0.6 is 22.6 Å². The number of aromatic nitrogens is 5. The van der Waals surface area contributed by atoms with Gasteiger partial charge in [0.2, 0.25) is 11.9 Å². The molecular formula is C29H39IN8O2. The van der Waals surface area contributed by atoms with Crippen LogP contribution in [0, 0.1) is 5.92 Å². The maximum Gasteiger partial charge on any atom is 0.253 e. The van der Waals surface area contributed by atoms with Gasteiger partial charge in [0, 0.05) is 36.8 Å². The summed E-state index contributed by atoms with van der Waals surface area (Å²) >= 11 is 2.42. The Labute approximate surface area is 249 Å². The summed E-state index contributed by atoms with van der Waals surface area (Å²) in [6, 6.07) is 2.41. The SMILES string of the molecule is CCC(I)c1cc(Nc2nncn2[C@H]2CCC3=C(C2)C(C(=O)NC2CCC2)=C(NC(=O)C2CCC2)CC3)n(C)n1. The number of allylic oxidation sites excluding steroid dienone is 2. The molecule has 214 valence electrons. The zero-order valence-electron chi connectivity index (χ0n) is 23.4. The quantitative estimate of drug-likeness (QED) is 0.249. The molecule has 40 heavy (non-hydrogen) atoms. The summed E-state index contributed by atoms with van der Waals surface area (Å²) in [5.74, 6) is 1.66. The summed E-state index contributed by atoms with van der Waals surface area (Å²) in [6.07, 6.45) is 13.2. The Morgan fingerprint density at radius 3 is 2.62 bits per heavy atom. The first-order valence-electron chi connectivity index (χ1n) is 14.8. The minimum absolute atomic E-state index is 0.0322. The number of rotatable bonds is 9. The van der Waals surface area contributed by atoms with E-state index in [1.54, 1.807) is 6.33 Å². The number of carbonyl (C=O) groups excluding carboxylic acids is 2. The van der Waals surface area contributed by atoms with Crippen LogP contribution in [0.3, 0.4) is 0 Å². The van der Waals surface area contributed by atoms with Crippen molar-refractivity contribution in [1.82, 2.24) is 35.2 Å². The number of hydrogen-bond acceptors (Lipinski definition) is 6. The molecule has 0 spiro atoms. The highest BCUT2D eigenvalue weighted by atomic mass is 127. The molecule has 0 saturated heterocycles. The maximum atomic E-state index is 13.7. The van der Waals surface area contributed by atoms with E-state index in [2.05, 4.69) is 71.4 Å². The molecule has 2 fully saturated rings. The predicted octanol–water partition coefficient (Wildman–Crippen LogP) is 5.30. The van der Waals surface area contributed by atoms with Crippen molar-refractivity contribution in [3.05, 3.63) is 40.5 Å².